The number of ether oxygens (including phenoxy) is 1. The van der Waals surface area contributed by atoms with Gasteiger partial charge in [-0.15, -0.1) is 0 Å². The van der Waals surface area contributed by atoms with Crippen LogP contribution in [-0.4, -0.2) is 21.5 Å². The van der Waals surface area contributed by atoms with Gasteiger partial charge in [0.25, 0.3) is 5.91 Å². The highest BCUT2D eigenvalue weighted by molar-refractivity contribution is 5.95. The summed E-state index contributed by atoms with van der Waals surface area (Å²) in [5.41, 5.74) is 6.39. The van der Waals surface area contributed by atoms with Gasteiger partial charge in [-0.3, -0.25) is 9.20 Å². The van der Waals surface area contributed by atoms with Crippen LogP contribution in [0.5, 0.6) is 5.75 Å². The van der Waals surface area contributed by atoms with Crippen molar-refractivity contribution in [3.63, 3.8) is 0 Å². The summed E-state index contributed by atoms with van der Waals surface area (Å²) in [6, 6.07) is 23.1. The van der Waals surface area contributed by atoms with Gasteiger partial charge in [0, 0.05) is 6.20 Å². The van der Waals surface area contributed by atoms with Crippen LogP contribution in [0, 0.1) is 6.92 Å². The zero-order valence-electron chi connectivity index (χ0n) is 15.9. The molecule has 6 nitrogen and oxygen atoms in total. The van der Waals surface area contributed by atoms with Gasteiger partial charge in [0.1, 0.15) is 23.7 Å². The molecule has 2 heterocycles. The first-order valence-electron chi connectivity index (χ1n) is 9.24. The van der Waals surface area contributed by atoms with Crippen molar-refractivity contribution in [3.8, 4) is 5.75 Å². The second-order valence-electron chi connectivity index (χ2n) is 6.52. The van der Waals surface area contributed by atoms with E-state index in [1.165, 1.54) is 0 Å². The molecule has 6 heteroatoms. The number of benzene rings is 2. The Morgan fingerprint density at radius 3 is 2.62 bits per heavy atom. The van der Waals surface area contributed by atoms with E-state index >= 15 is 0 Å². The number of nitrogens with zero attached hydrogens (tertiary/aromatic N) is 3. The molecule has 4 aromatic rings. The molecule has 1 N–H and O–H groups in total. The molecule has 0 atom stereocenters. The number of nitrogens with one attached hydrogen (secondary N) is 1. The van der Waals surface area contributed by atoms with Gasteiger partial charge in [0.2, 0.25) is 0 Å². The highest BCUT2D eigenvalue weighted by Crippen LogP contribution is 2.14. The SMILES string of the molecule is Cc1nc2ccccn2c1C(=O)N/N=C/c1ccc(OCc2ccccc2)cc1. The summed E-state index contributed by atoms with van der Waals surface area (Å²) in [6.45, 7) is 2.32. The smallest absolute Gasteiger partial charge is 0.290 e. The van der Waals surface area contributed by atoms with Gasteiger partial charge < -0.3 is 4.74 Å². The minimum atomic E-state index is -0.305. The Balaban J connectivity index is 1.36. The van der Waals surface area contributed by atoms with E-state index in [2.05, 4.69) is 15.5 Å². The van der Waals surface area contributed by atoms with Crippen LogP contribution in [-0.2, 0) is 6.61 Å². The second-order valence-corrected chi connectivity index (χ2v) is 6.52. The standard InChI is InChI=1S/C23H20N4O2/c1-17-22(27-14-6-5-9-21(27)25-17)23(28)26-24-15-18-10-12-20(13-11-18)29-16-19-7-3-2-4-8-19/h2-15H,16H2,1H3,(H,26,28)/b24-15+. The van der Waals surface area contributed by atoms with Crippen molar-refractivity contribution in [2.75, 3.05) is 0 Å². The molecule has 0 radical (unpaired) electrons. The molecule has 0 fully saturated rings. The molecule has 0 saturated carbocycles. The fraction of sp³-hybridized carbons (Fsp3) is 0.0870. The summed E-state index contributed by atoms with van der Waals surface area (Å²) >= 11 is 0. The van der Waals surface area contributed by atoms with Crippen molar-refractivity contribution >= 4 is 17.8 Å². The van der Waals surface area contributed by atoms with Gasteiger partial charge in [0.15, 0.2) is 0 Å². The third-order valence-electron chi connectivity index (χ3n) is 4.43. The minimum absolute atomic E-state index is 0.305. The van der Waals surface area contributed by atoms with E-state index in [1.54, 1.807) is 17.5 Å². The molecule has 0 aliphatic rings. The molecular formula is C23H20N4O2. The van der Waals surface area contributed by atoms with E-state index in [0.29, 0.717) is 18.0 Å². The van der Waals surface area contributed by atoms with Crippen molar-refractivity contribution < 1.29 is 9.53 Å². The maximum absolute atomic E-state index is 12.5. The summed E-state index contributed by atoms with van der Waals surface area (Å²) < 4.78 is 7.52. The molecular weight excluding hydrogens is 364 g/mol. The molecule has 0 spiro atoms. The van der Waals surface area contributed by atoms with Gasteiger partial charge in [0.05, 0.1) is 11.9 Å². The molecule has 0 bridgehead atoms. The number of hydrogen-bond acceptors (Lipinski definition) is 4. The summed E-state index contributed by atoms with van der Waals surface area (Å²) in [4.78, 5) is 16.9. The third kappa shape index (κ3) is 4.32. The number of fused-ring (bicyclic) bond motifs is 1. The van der Waals surface area contributed by atoms with Gasteiger partial charge in [-0.05, 0) is 54.4 Å². The quantitative estimate of drug-likeness (QED) is 0.404. The number of rotatable bonds is 6. The topological polar surface area (TPSA) is 68.0 Å². The van der Waals surface area contributed by atoms with Crippen molar-refractivity contribution in [1.82, 2.24) is 14.8 Å². The minimum Gasteiger partial charge on any atom is -0.489 e. The van der Waals surface area contributed by atoms with Gasteiger partial charge in [-0.2, -0.15) is 5.10 Å². The summed E-state index contributed by atoms with van der Waals surface area (Å²) in [6.07, 6.45) is 3.40. The van der Waals surface area contributed by atoms with E-state index in [-0.39, 0.29) is 5.91 Å². The maximum Gasteiger partial charge on any atom is 0.290 e. The average Bonchev–Trinajstić information content (AvgIpc) is 3.09. The van der Waals surface area contributed by atoms with Gasteiger partial charge in [-0.25, -0.2) is 10.4 Å². The molecule has 0 unspecified atom stereocenters. The maximum atomic E-state index is 12.5. The molecule has 2 aromatic heterocycles. The van der Waals surface area contributed by atoms with Crippen LogP contribution in [0.15, 0.2) is 84.1 Å². The summed E-state index contributed by atoms with van der Waals surface area (Å²) in [5.74, 6) is 0.469. The first kappa shape index (κ1) is 18.4. The fourth-order valence-electron chi connectivity index (χ4n) is 3.00. The number of imidazole rings is 1. The zero-order chi connectivity index (χ0) is 20.1. The number of amides is 1. The lowest BCUT2D eigenvalue weighted by atomic mass is 10.2. The number of aromatic nitrogens is 2. The summed E-state index contributed by atoms with van der Waals surface area (Å²) in [7, 11) is 0. The van der Waals surface area contributed by atoms with Crippen LogP contribution in [0.2, 0.25) is 0 Å². The predicted molar refractivity (Wildman–Crippen MR) is 112 cm³/mol. The fourth-order valence-corrected chi connectivity index (χ4v) is 3.00. The first-order valence-corrected chi connectivity index (χ1v) is 9.24. The van der Waals surface area contributed by atoms with Crippen LogP contribution in [0.4, 0.5) is 0 Å². The van der Waals surface area contributed by atoms with E-state index < -0.39 is 0 Å². The Morgan fingerprint density at radius 2 is 1.83 bits per heavy atom. The molecule has 0 aliphatic carbocycles. The lowest BCUT2D eigenvalue weighted by Crippen LogP contribution is -2.20. The number of carbonyl (C=O) groups excluding carboxylic acids is 1. The molecule has 0 aliphatic heterocycles. The monoisotopic (exact) mass is 384 g/mol. The molecule has 2 aromatic carbocycles. The number of aryl methyl sites for hydroxylation is 1. The molecule has 4 rings (SSSR count). The largest absolute Gasteiger partial charge is 0.489 e. The van der Waals surface area contributed by atoms with E-state index in [9.17, 15) is 4.79 Å². The van der Waals surface area contributed by atoms with Crippen LogP contribution in [0.25, 0.3) is 5.65 Å². The van der Waals surface area contributed by atoms with Gasteiger partial charge >= 0.3 is 0 Å². The molecule has 144 valence electrons. The number of carbonyl (C=O) groups is 1. The Kier molecular flexibility index (Phi) is 5.33. The Bertz CT molecular complexity index is 1150. The van der Waals surface area contributed by atoms with Crippen molar-refractivity contribution in [2.45, 2.75) is 13.5 Å². The predicted octanol–water partition coefficient (Wildman–Crippen LogP) is 3.99. The van der Waals surface area contributed by atoms with Crippen molar-refractivity contribution in [2.24, 2.45) is 5.10 Å². The van der Waals surface area contributed by atoms with E-state index in [0.717, 1.165) is 22.5 Å². The van der Waals surface area contributed by atoms with Crippen molar-refractivity contribution in [1.29, 1.82) is 0 Å². The molecule has 1 amide bonds. The number of pyridine rings is 1. The summed E-state index contributed by atoms with van der Waals surface area (Å²) in [5, 5.41) is 4.06. The highest BCUT2D eigenvalue weighted by Gasteiger charge is 2.15. The lowest BCUT2D eigenvalue weighted by Gasteiger charge is -2.06. The lowest BCUT2D eigenvalue weighted by molar-refractivity contribution is 0.0948. The Hall–Kier alpha value is -3.93. The third-order valence-corrected chi connectivity index (χ3v) is 4.43. The Labute approximate surface area is 168 Å². The Morgan fingerprint density at radius 1 is 1.07 bits per heavy atom. The highest BCUT2D eigenvalue weighted by atomic mass is 16.5. The molecule has 29 heavy (non-hydrogen) atoms. The average molecular weight is 384 g/mol. The van der Waals surface area contributed by atoms with Crippen LogP contribution in [0.3, 0.4) is 0 Å². The van der Waals surface area contributed by atoms with Crippen LogP contribution >= 0.6 is 0 Å². The number of hydrogen-bond donors (Lipinski definition) is 1. The van der Waals surface area contributed by atoms with E-state index in [4.69, 9.17) is 4.74 Å². The first-order chi connectivity index (χ1) is 14.2. The zero-order valence-corrected chi connectivity index (χ0v) is 15.9. The molecule has 0 saturated heterocycles. The second kappa shape index (κ2) is 8.39. The number of hydrazone groups is 1. The normalized spacial score (nSPS) is 11.1. The van der Waals surface area contributed by atoms with Crippen molar-refractivity contribution in [3.05, 3.63) is 102 Å². The van der Waals surface area contributed by atoms with E-state index in [1.807, 2.05) is 79.0 Å². The van der Waals surface area contributed by atoms with Gasteiger partial charge in [-0.1, -0.05) is 36.4 Å². The van der Waals surface area contributed by atoms with Crippen LogP contribution < -0.4 is 10.2 Å². The van der Waals surface area contributed by atoms with Crippen LogP contribution in [0.1, 0.15) is 27.3 Å².